The molecule has 1 heterocycles. The van der Waals surface area contributed by atoms with Crippen molar-refractivity contribution >= 4 is 17.1 Å². The van der Waals surface area contributed by atoms with Gasteiger partial charge < -0.3 is 15.1 Å². The predicted molar refractivity (Wildman–Crippen MR) is 56.3 cm³/mol. The summed E-state index contributed by atoms with van der Waals surface area (Å²) in [4.78, 5) is 6.00. The average Bonchev–Trinajstić information content (AvgIpc) is 2.60. The second kappa shape index (κ2) is 3.86. The van der Waals surface area contributed by atoms with E-state index >= 15 is 0 Å². The van der Waals surface area contributed by atoms with E-state index in [9.17, 15) is 4.39 Å². The molecule has 0 amide bonds. The summed E-state index contributed by atoms with van der Waals surface area (Å²) >= 11 is 0. The fourth-order valence-corrected chi connectivity index (χ4v) is 1.34. The molecular weight excluding hydrogens is 197 g/mol. The van der Waals surface area contributed by atoms with Gasteiger partial charge in [0.15, 0.2) is 5.58 Å². The first-order valence-electron chi connectivity index (χ1n) is 4.68. The Morgan fingerprint density at radius 3 is 3.07 bits per heavy atom. The van der Waals surface area contributed by atoms with Crippen LogP contribution in [0.4, 0.5) is 10.4 Å². The van der Waals surface area contributed by atoms with Gasteiger partial charge in [-0.05, 0) is 12.1 Å². The number of rotatable bonds is 3. The Morgan fingerprint density at radius 1 is 1.53 bits per heavy atom. The molecule has 2 N–H and O–H groups in total. The fourth-order valence-electron chi connectivity index (χ4n) is 1.34. The largest absolute Gasteiger partial charge is 0.423 e. The molecule has 0 aliphatic heterocycles. The molecule has 0 unspecified atom stereocenters. The molecule has 0 aliphatic rings. The number of hydrogen-bond donors (Lipinski definition) is 1. The van der Waals surface area contributed by atoms with E-state index in [1.165, 1.54) is 12.1 Å². The van der Waals surface area contributed by atoms with Gasteiger partial charge in [0, 0.05) is 26.2 Å². The second-order valence-corrected chi connectivity index (χ2v) is 3.32. The Balaban J connectivity index is 2.38. The van der Waals surface area contributed by atoms with Crippen molar-refractivity contribution in [3.05, 3.63) is 24.0 Å². The van der Waals surface area contributed by atoms with Crippen molar-refractivity contribution in [2.75, 3.05) is 25.0 Å². The van der Waals surface area contributed by atoms with E-state index in [1.54, 1.807) is 11.0 Å². The number of hydrogen-bond acceptors (Lipinski definition) is 4. The zero-order chi connectivity index (χ0) is 10.8. The molecule has 5 heteroatoms. The van der Waals surface area contributed by atoms with Gasteiger partial charge in [0.1, 0.15) is 11.3 Å². The maximum atomic E-state index is 12.9. The summed E-state index contributed by atoms with van der Waals surface area (Å²) in [6.45, 7) is 1.17. The van der Waals surface area contributed by atoms with Crippen LogP contribution in [0.5, 0.6) is 0 Å². The predicted octanol–water partition coefficient (Wildman–Crippen LogP) is 1.36. The Bertz CT molecular complexity index is 469. The van der Waals surface area contributed by atoms with Crippen molar-refractivity contribution in [2.24, 2.45) is 5.73 Å². The topological polar surface area (TPSA) is 55.3 Å². The maximum absolute atomic E-state index is 12.9. The molecule has 2 aromatic rings. The first kappa shape index (κ1) is 9.92. The molecule has 0 spiro atoms. The highest BCUT2D eigenvalue weighted by molar-refractivity contribution is 5.74. The first-order valence-corrected chi connectivity index (χ1v) is 4.68. The summed E-state index contributed by atoms with van der Waals surface area (Å²) in [6.07, 6.45) is 0. The number of fused-ring (bicyclic) bond motifs is 1. The van der Waals surface area contributed by atoms with E-state index in [0.29, 0.717) is 30.2 Å². The Kier molecular flexibility index (Phi) is 2.55. The van der Waals surface area contributed by atoms with Crippen molar-refractivity contribution in [3.8, 4) is 0 Å². The molecule has 0 radical (unpaired) electrons. The molecule has 4 nitrogen and oxygen atoms in total. The minimum Gasteiger partial charge on any atom is -0.423 e. The number of nitrogens with zero attached hydrogens (tertiary/aromatic N) is 2. The van der Waals surface area contributed by atoms with E-state index in [4.69, 9.17) is 10.2 Å². The molecule has 2 rings (SSSR count). The summed E-state index contributed by atoms with van der Waals surface area (Å²) < 4.78 is 18.3. The molecule has 0 saturated carbocycles. The van der Waals surface area contributed by atoms with Crippen LogP contribution in [0.2, 0.25) is 0 Å². The van der Waals surface area contributed by atoms with Crippen LogP contribution in [0, 0.1) is 5.82 Å². The zero-order valence-electron chi connectivity index (χ0n) is 8.40. The van der Waals surface area contributed by atoms with Crippen LogP contribution in [0.3, 0.4) is 0 Å². The second-order valence-electron chi connectivity index (χ2n) is 3.32. The lowest BCUT2D eigenvalue weighted by Gasteiger charge is -2.11. The number of benzene rings is 1. The number of anilines is 1. The minimum absolute atomic E-state index is 0.327. The van der Waals surface area contributed by atoms with Gasteiger partial charge in [0.2, 0.25) is 0 Å². The van der Waals surface area contributed by atoms with E-state index in [1.807, 2.05) is 7.05 Å². The number of nitrogens with two attached hydrogens (primary N) is 1. The van der Waals surface area contributed by atoms with Gasteiger partial charge in [-0.2, -0.15) is 4.98 Å². The third kappa shape index (κ3) is 1.92. The standard InChI is InChI=1S/C10H12FN3O/c1-14(5-4-12)10-13-8-3-2-7(11)6-9(8)15-10/h2-3,6H,4-5,12H2,1H3. The summed E-state index contributed by atoms with van der Waals surface area (Å²) in [5.41, 5.74) is 6.52. The molecule has 0 atom stereocenters. The summed E-state index contributed by atoms with van der Waals surface area (Å²) in [7, 11) is 1.83. The molecule has 0 bridgehead atoms. The highest BCUT2D eigenvalue weighted by Gasteiger charge is 2.09. The van der Waals surface area contributed by atoms with Crippen molar-refractivity contribution in [3.63, 3.8) is 0 Å². The maximum Gasteiger partial charge on any atom is 0.298 e. The van der Waals surface area contributed by atoms with E-state index in [0.717, 1.165) is 0 Å². The van der Waals surface area contributed by atoms with Crippen LogP contribution in [0.1, 0.15) is 0 Å². The lowest BCUT2D eigenvalue weighted by molar-refractivity contribution is 0.577. The van der Waals surface area contributed by atoms with E-state index in [-0.39, 0.29) is 5.82 Å². The molecule has 0 fully saturated rings. The van der Waals surface area contributed by atoms with Gasteiger partial charge in [-0.1, -0.05) is 0 Å². The van der Waals surface area contributed by atoms with Gasteiger partial charge in [-0.3, -0.25) is 0 Å². The summed E-state index contributed by atoms with van der Waals surface area (Å²) in [6, 6.07) is 4.73. The number of halogens is 1. The molecule has 15 heavy (non-hydrogen) atoms. The Labute approximate surface area is 86.5 Å². The Hall–Kier alpha value is -1.62. The SMILES string of the molecule is CN(CCN)c1nc2ccc(F)cc2o1. The monoisotopic (exact) mass is 209 g/mol. The number of oxazole rings is 1. The first-order chi connectivity index (χ1) is 7.20. The van der Waals surface area contributed by atoms with Crippen LogP contribution >= 0.6 is 0 Å². The van der Waals surface area contributed by atoms with Crippen molar-refractivity contribution in [1.29, 1.82) is 0 Å². The molecule has 1 aromatic carbocycles. The highest BCUT2D eigenvalue weighted by Crippen LogP contribution is 2.21. The average molecular weight is 209 g/mol. The van der Waals surface area contributed by atoms with E-state index < -0.39 is 0 Å². The van der Waals surface area contributed by atoms with Crippen molar-refractivity contribution < 1.29 is 8.81 Å². The van der Waals surface area contributed by atoms with E-state index in [2.05, 4.69) is 4.98 Å². The van der Waals surface area contributed by atoms with Crippen LogP contribution < -0.4 is 10.6 Å². The third-order valence-corrected chi connectivity index (χ3v) is 2.13. The minimum atomic E-state index is -0.327. The quantitative estimate of drug-likeness (QED) is 0.829. The fraction of sp³-hybridized carbons (Fsp3) is 0.300. The molecule has 0 aliphatic carbocycles. The lowest BCUT2D eigenvalue weighted by atomic mass is 10.3. The van der Waals surface area contributed by atoms with Gasteiger partial charge in [-0.25, -0.2) is 4.39 Å². The zero-order valence-corrected chi connectivity index (χ0v) is 8.40. The van der Waals surface area contributed by atoms with Gasteiger partial charge in [-0.15, -0.1) is 0 Å². The lowest BCUT2D eigenvalue weighted by Crippen LogP contribution is -2.25. The Morgan fingerprint density at radius 2 is 2.33 bits per heavy atom. The molecule has 0 saturated heterocycles. The van der Waals surface area contributed by atoms with Gasteiger partial charge >= 0.3 is 0 Å². The normalized spacial score (nSPS) is 10.9. The van der Waals surface area contributed by atoms with Crippen LogP contribution in [0.15, 0.2) is 22.6 Å². The smallest absolute Gasteiger partial charge is 0.298 e. The van der Waals surface area contributed by atoms with Crippen LogP contribution in [-0.2, 0) is 0 Å². The van der Waals surface area contributed by atoms with Crippen LogP contribution in [0.25, 0.3) is 11.1 Å². The number of likely N-dealkylation sites (N-methyl/N-ethyl adjacent to an activating group) is 1. The third-order valence-electron chi connectivity index (χ3n) is 2.13. The summed E-state index contributed by atoms with van der Waals surface area (Å²) in [5, 5.41) is 0. The molecular formula is C10H12FN3O. The van der Waals surface area contributed by atoms with Crippen molar-refractivity contribution in [1.82, 2.24) is 4.98 Å². The van der Waals surface area contributed by atoms with Gasteiger partial charge in [0.25, 0.3) is 6.01 Å². The highest BCUT2D eigenvalue weighted by atomic mass is 19.1. The van der Waals surface area contributed by atoms with Crippen molar-refractivity contribution in [2.45, 2.75) is 0 Å². The van der Waals surface area contributed by atoms with Gasteiger partial charge in [0.05, 0.1) is 0 Å². The molecule has 1 aromatic heterocycles. The number of aromatic nitrogens is 1. The van der Waals surface area contributed by atoms with Crippen LogP contribution in [-0.4, -0.2) is 25.1 Å². The summed E-state index contributed by atoms with van der Waals surface area (Å²) in [5.74, 6) is -0.327. The molecule has 80 valence electrons.